The summed E-state index contributed by atoms with van der Waals surface area (Å²) in [6.07, 6.45) is 1.08. The standard InChI is InChI=1S/C12H17N5S2/c1-4-5-13-11-17-16-10(19-11)7-18-12-14-8(2)6-9(3)15-12/h6H,4-5,7H2,1-3H3,(H,13,17). The average Bonchev–Trinajstić information content (AvgIpc) is 2.81. The average molecular weight is 295 g/mol. The molecule has 2 aromatic rings. The van der Waals surface area contributed by atoms with Crippen molar-refractivity contribution in [3.8, 4) is 0 Å². The monoisotopic (exact) mass is 295 g/mol. The Morgan fingerprint density at radius 3 is 2.63 bits per heavy atom. The Kier molecular flexibility index (Phi) is 5.09. The van der Waals surface area contributed by atoms with Crippen LogP contribution in [0.1, 0.15) is 29.7 Å². The number of anilines is 1. The van der Waals surface area contributed by atoms with Crippen LogP contribution in [0.25, 0.3) is 0 Å². The molecule has 0 aliphatic heterocycles. The Balaban J connectivity index is 1.92. The third kappa shape index (κ3) is 4.43. The van der Waals surface area contributed by atoms with Crippen LogP contribution in [0.2, 0.25) is 0 Å². The summed E-state index contributed by atoms with van der Waals surface area (Å²) in [4.78, 5) is 8.80. The van der Waals surface area contributed by atoms with E-state index in [1.807, 2.05) is 19.9 Å². The van der Waals surface area contributed by atoms with Crippen molar-refractivity contribution in [2.24, 2.45) is 0 Å². The fraction of sp³-hybridized carbons (Fsp3) is 0.500. The van der Waals surface area contributed by atoms with Crippen molar-refractivity contribution in [2.75, 3.05) is 11.9 Å². The van der Waals surface area contributed by atoms with E-state index >= 15 is 0 Å². The summed E-state index contributed by atoms with van der Waals surface area (Å²) in [6, 6.07) is 1.97. The van der Waals surface area contributed by atoms with Gasteiger partial charge in [-0.15, -0.1) is 10.2 Å². The molecule has 0 aromatic carbocycles. The molecule has 0 unspecified atom stereocenters. The molecule has 102 valence electrons. The normalized spacial score (nSPS) is 10.7. The Hall–Kier alpha value is -1.21. The lowest BCUT2D eigenvalue weighted by Crippen LogP contribution is -1.98. The first kappa shape index (κ1) is 14.2. The number of nitrogens with one attached hydrogen (secondary N) is 1. The highest BCUT2D eigenvalue weighted by Crippen LogP contribution is 2.23. The van der Waals surface area contributed by atoms with Crippen LogP contribution >= 0.6 is 23.1 Å². The summed E-state index contributed by atoms with van der Waals surface area (Å²) in [5.41, 5.74) is 2.00. The summed E-state index contributed by atoms with van der Waals surface area (Å²) >= 11 is 3.19. The number of hydrogen-bond donors (Lipinski definition) is 1. The molecule has 0 radical (unpaired) electrons. The maximum atomic E-state index is 4.40. The van der Waals surface area contributed by atoms with Gasteiger partial charge in [0, 0.05) is 17.9 Å². The van der Waals surface area contributed by atoms with Gasteiger partial charge in [0.15, 0.2) is 5.16 Å². The summed E-state index contributed by atoms with van der Waals surface area (Å²) in [6.45, 7) is 7.02. The molecule has 2 rings (SSSR count). The second-order valence-corrected chi connectivity index (χ2v) is 6.15. The second-order valence-electron chi connectivity index (χ2n) is 4.15. The third-order valence-corrected chi connectivity index (χ3v) is 4.20. The van der Waals surface area contributed by atoms with E-state index in [0.717, 1.165) is 45.4 Å². The van der Waals surface area contributed by atoms with E-state index in [2.05, 4.69) is 32.4 Å². The Morgan fingerprint density at radius 1 is 1.21 bits per heavy atom. The molecule has 0 amide bonds. The van der Waals surface area contributed by atoms with Crippen molar-refractivity contribution in [2.45, 2.75) is 38.1 Å². The van der Waals surface area contributed by atoms with Gasteiger partial charge >= 0.3 is 0 Å². The maximum Gasteiger partial charge on any atom is 0.205 e. The highest BCUT2D eigenvalue weighted by atomic mass is 32.2. The number of rotatable bonds is 6. The van der Waals surface area contributed by atoms with Gasteiger partial charge in [0.2, 0.25) is 5.13 Å². The predicted molar refractivity (Wildman–Crippen MR) is 79.8 cm³/mol. The molecule has 0 fully saturated rings. The molecular weight excluding hydrogens is 278 g/mol. The molecule has 0 saturated heterocycles. The first-order valence-electron chi connectivity index (χ1n) is 6.18. The van der Waals surface area contributed by atoms with E-state index < -0.39 is 0 Å². The lowest BCUT2D eigenvalue weighted by Gasteiger charge is -2.00. The number of aryl methyl sites for hydroxylation is 2. The van der Waals surface area contributed by atoms with E-state index in [1.54, 1.807) is 23.1 Å². The van der Waals surface area contributed by atoms with Crippen molar-refractivity contribution in [3.05, 3.63) is 22.5 Å². The largest absolute Gasteiger partial charge is 0.360 e. The molecule has 0 aliphatic carbocycles. The van der Waals surface area contributed by atoms with Crippen LogP contribution in [0.3, 0.4) is 0 Å². The van der Waals surface area contributed by atoms with Crippen LogP contribution in [0.4, 0.5) is 5.13 Å². The van der Waals surface area contributed by atoms with Crippen molar-refractivity contribution in [1.29, 1.82) is 0 Å². The van der Waals surface area contributed by atoms with Gasteiger partial charge in [0.05, 0.1) is 5.75 Å². The van der Waals surface area contributed by atoms with Crippen molar-refractivity contribution in [3.63, 3.8) is 0 Å². The van der Waals surface area contributed by atoms with Crippen molar-refractivity contribution < 1.29 is 0 Å². The molecule has 7 heteroatoms. The van der Waals surface area contributed by atoms with Crippen LogP contribution in [0.5, 0.6) is 0 Å². The third-order valence-electron chi connectivity index (χ3n) is 2.28. The summed E-state index contributed by atoms with van der Waals surface area (Å²) in [7, 11) is 0. The minimum Gasteiger partial charge on any atom is -0.360 e. The van der Waals surface area contributed by atoms with Gasteiger partial charge in [-0.2, -0.15) is 0 Å². The van der Waals surface area contributed by atoms with E-state index in [9.17, 15) is 0 Å². The van der Waals surface area contributed by atoms with E-state index in [1.165, 1.54) is 0 Å². The first-order valence-corrected chi connectivity index (χ1v) is 7.99. The van der Waals surface area contributed by atoms with Crippen LogP contribution in [0.15, 0.2) is 11.2 Å². The predicted octanol–water partition coefficient (Wildman–Crippen LogP) is 3.06. The van der Waals surface area contributed by atoms with Gasteiger partial charge < -0.3 is 5.32 Å². The quantitative estimate of drug-likeness (QED) is 0.653. The van der Waals surface area contributed by atoms with Crippen molar-refractivity contribution >= 4 is 28.2 Å². The van der Waals surface area contributed by atoms with Crippen molar-refractivity contribution in [1.82, 2.24) is 20.2 Å². The zero-order valence-corrected chi connectivity index (χ0v) is 12.9. The molecule has 1 N–H and O–H groups in total. The van der Waals surface area contributed by atoms with Gasteiger partial charge in [-0.3, -0.25) is 0 Å². The van der Waals surface area contributed by atoms with E-state index in [4.69, 9.17) is 0 Å². The topological polar surface area (TPSA) is 63.6 Å². The summed E-state index contributed by atoms with van der Waals surface area (Å²) < 4.78 is 0. The fourth-order valence-corrected chi connectivity index (χ4v) is 3.20. The van der Waals surface area contributed by atoms with Crippen LogP contribution in [0, 0.1) is 13.8 Å². The number of hydrogen-bond acceptors (Lipinski definition) is 7. The zero-order valence-electron chi connectivity index (χ0n) is 11.3. The Labute approximate surface area is 121 Å². The lowest BCUT2D eigenvalue weighted by atomic mass is 10.4. The van der Waals surface area contributed by atoms with Gasteiger partial charge in [0.1, 0.15) is 5.01 Å². The minimum atomic E-state index is 0.758. The van der Waals surface area contributed by atoms with Gasteiger partial charge in [-0.05, 0) is 26.3 Å². The Morgan fingerprint density at radius 2 is 1.95 bits per heavy atom. The lowest BCUT2D eigenvalue weighted by molar-refractivity contribution is 0.900. The van der Waals surface area contributed by atoms with Crippen LogP contribution < -0.4 is 5.32 Å². The number of aromatic nitrogens is 4. The molecule has 0 bridgehead atoms. The molecule has 5 nitrogen and oxygen atoms in total. The van der Waals surface area contributed by atoms with Gasteiger partial charge in [-0.25, -0.2) is 9.97 Å². The summed E-state index contributed by atoms with van der Waals surface area (Å²) in [5.74, 6) is 0.758. The van der Waals surface area contributed by atoms with Gasteiger partial charge in [-0.1, -0.05) is 30.0 Å². The van der Waals surface area contributed by atoms with Crippen LogP contribution in [-0.2, 0) is 5.75 Å². The van der Waals surface area contributed by atoms with E-state index in [-0.39, 0.29) is 0 Å². The fourth-order valence-electron chi connectivity index (χ4n) is 1.50. The number of nitrogens with zero attached hydrogens (tertiary/aromatic N) is 4. The smallest absolute Gasteiger partial charge is 0.205 e. The molecule has 0 aliphatic rings. The second kappa shape index (κ2) is 6.81. The molecule has 19 heavy (non-hydrogen) atoms. The highest BCUT2D eigenvalue weighted by molar-refractivity contribution is 7.98. The molecule has 2 aromatic heterocycles. The molecular formula is C12H17N5S2. The highest BCUT2D eigenvalue weighted by Gasteiger charge is 2.06. The molecule has 0 atom stereocenters. The zero-order chi connectivity index (χ0) is 13.7. The van der Waals surface area contributed by atoms with Gasteiger partial charge in [0.25, 0.3) is 0 Å². The van der Waals surface area contributed by atoms with E-state index in [0.29, 0.717) is 0 Å². The number of thioether (sulfide) groups is 1. The molecule has 0 spiro atoms. The van der Waals surface area contributed by atoms with Crippen LogP contribution in [-0.4, -0.2) is 26.7 Å². The SMILES string of the molecule is CCCNc1nnc(CSc2nc(C)cc(C)n2)s1. The molecule has 2 heterocycles. The molecule has 0 saturated carbocycles. The summed E-state index contributed by atoms with van der Waals surface area (Å²) in [5, 5.41) is 14.2. The minimum absolute atomic E-state index is 0.758. The first-order chi connectivity index (χ1) is 9.17. The maximum absolute atomic E-state index is 4.40. The Bertz CT molecular complexity index is 520.